The molecule has 0 aliphatic rings. The molecule has 0 radical (unpaired) electrons. The number of rotatable bonds is 3. The van der Waals surface area contributed by atoms with Gasteiger partial charge in [0, 0.05) is 18.6 Å². The summed E-state index contributed by atoms with van der Waals surface area (Å²) in [5.74, 6) is 0. The van der Waals surface area contributed by atoms with E-state index in [0.29, 0.717) is 0 Å². The van der Waals surface area contributed by atoms with Crippen molar-refractivity contribution in [3.05, 3.63) is 73.2 Å². The molecular formula is C17H13N3Si. The maximum Gasteiger partial charge on any atom is 0.286 e. The van der Waals surface area contributed by atoms with Gasteiger partial charge in [-0.1, -0.05) is 18.2 Å². The van der Waals surface area contributed by atoms with Crippen molar-refractivity contribution in [2.24, 2.45) is 0 Å². The Morgan fingerprint density at radius 1 is 0.667 bits per heavy atom. The molecule has 3 rings (SSSR count). The van der Waals surface area contributed by atoms with E-state index in [1.54, 1.807) is 18.6 Å². The van der Waals surface area contributed by atoms with E-state index in [4.69, 9.17) is 6.42 Å². The number of hydrogen-bond donors (Lipinski definition) is 0. The van der Waals surface area contributed by atoms with Gasteiger partial charge in [-0.15, -0.1) is 12.0 Å². The summed E-state index contributed by atoms with van der Waals surface area (Å²) in [5, 5.41) is 2.64. The van der Waals surface area contributed by atoms with Crippen molar-refractivity contribution in [1.82, 2.24) is 15.0 Å². The van der Waals surface area contributed by atoms with Gasteiger partial charge in [-0.3, -0.25) is 15.0 Å². The normalized spacial score (nSPS) is 10.8. The van der Waals surface area contributed by atoms with Crippen LogP contribution in [0.25, 0.3) is 0 Å². The lowest BCUT2D eigenvalue weighted by molar-refractivity contribution is 1.32. The molecule has 0 spiro atoms. The van der Waals surface area contributed by atoms with Crippen molar-refractivity contribution in [3.63, 3.8) is 0 Å². The second kappa shape index (κ2) is 5.69. The lowest BCUT2D eigenvalue weighted by Gasteiger charge is -2.24. The monoisotopic (exact) mass is 287 g/mol. The van der Waals surface area contributed by atoms with Crippen LogP contribution in [-0.2, 0) is 0 Å². The molecule has 4 heteroatoms. The van der Waals surface area contributed by atoms with E-state index in [2.05, 4.69) is 20.5 Å². The van der Waals surface area contributed by atoms with Crippen molar-refractivity contribution >= 4 is 24.0 Å². The Morgan fingerprint density at radius 3 is 1.29 bits per heavy atom. The average molecular weight is 287 g/mol. The quantitative estimate of drug-likeness (QED) is 0.520. The predicted molar refractivity (Wildman–Crippen MR) is 86.2 cm³/mol. The minimum atomic E-state index is -2.70. The summed E-state index contributed by atoms with van der Waals surface area (Å²) in [6.07, 6.45) is 11.3. The van der Waals surface area contributed by atoms with Crippen LogP contribution in [0, 0.1) is 12.0 Å². The molecule has 0 unspecified atom stereocenters. The van der Waals surface area contributed by atoms with E-state index >= 15 is 0 Å². The Hall–Kier alpha value is -2.77. The summed E-state index contributed by atoms with van der Waals surface area (Å²) in [7, 11) is -2.70. The van der Waals surface area contributed by atoms with Gasteiger partial charge in [0.15, 0.2) is 0 Å². The Bertz CT molecular complexity index is 656. The summed E-state index contributed by atoms with van der Waals surface area (Å²) >= 11 is 0. The van der Waals surface area contributed by atoms with Crippen LogP contribution in [0.1, 0.15) is 0 Å². The molecule has 0 amide bonds. The molecule has 3 aromatic heterocycles. The third kappa shape index (κ3) is 2.24. The van der Waals surface area contributed by atoms with Gasteiger partial charge in [-0.2, -0.15) is 0 Å². The van der Waals surface area contributed by atoms with Crippen LogP contribution in [0.5, 0.6) is 0 Å². The number of aromatic nitrogens is 3. The molecule has 0 aromatic carbocycles. The predicted octanol–water partition coefficient (Wildman–Crippen LogP) is 0.514. The SMILES string of the molecule is C#C[Si](c1ccccn1)(c1ccccn1)c1ccccn1. The van der Waals surface area contributed by atoms with Crippen molar-refractivity contribution < 1.29 is 0 Å². The molecule has 0 atom stereocenters. The molecule has 0 N–H and O–H groups in total. The molecule has 0 fully saturated rings. The van der Waals surface area contributed by atoms with Crippen LogP contribution in [0.3, 0.4) is 0 Å². The maximum atomic E-state index is 6.00. The minimum Gasteiger partial charge on any atom is -0.264 e. The number of nitrogens with zero attached hydrogens (tertiary/aromatic N) is 3. The first kappa shape index (κ1) is 13.2. The standard InChI is InChI=1S/C17H13N3Si/c1-2-21(15-9-3-6-12-18-15,16-10-4-7-13-19-16)17-11-5-8-14-20-17/h1,3-14H. The smallest absolute Gasteiger partial charge is 0.264 e. The summed E-state index contributed by atoms with van der Waals surface area (Å²) in [5.41, 5.74) is 3.02. The van der Waals surface area contributed by atoms with Crippen molar-refractivity contribution in [3.8, 4) is 12.0 Å². The molecule has 0 aliphatic heterocycles. The number of hydrogen-bond acceptors (Lipinski definition) is 3. The molecule has 3 aromatic rings. The summed E-state index contributed by atoms with van der Waals surface area (Å²) < 4.78 is 0. The van der Waals surface area contributed by atoms with Gasteiger partial charge in [-0.25, -0.2) is 0 Å². The lowest BCUT2D eigenvalue weighted by atomic mass is 10.5. The van der Waals surface area contributed by atoms with Gasteiger partial charge in [0.2, 0.25) is 0 Å². The first-order valence-corrected chi connectivity index (χ1v) is 8.60. The molecule has 0 saturated carbocycles. The van der Waals surface area contributed by atoms with Gasteiger partial charge in [0.1, 0.15) is 0 Å². The van der Waals surface area contributed by atoms with E-state index in [1.807, 2.05) is 54.6 Å². The molecule has 0 saturated heterocycles. The van der Waals surface area contributed by atoms with Gasteiger partial charge in [-0.05, 0) is 36.4 Å². The van der Waals surface area contributed by atoms with E-state index in [1.165, 1.54) is 0 Å². The number of terminal acetylenes is 1. The first-order chi connectivity index (χ1) is 10.4. The average Bonchev–Trinajstić information content (AvgIpc) is 2.59. The molecule has 100 valence electrons. The second-order valence-electron chi connectivity index (χ2n) is 4.54. The van der Waals surface area contributed by atoms with Crippen molar-refractivity contribution in [2.75, 3.05) is 0 Å². The first-order valence-electron chi connectivity index (χ1n) is 6.60. The highest BCUT2D eigenvalue weighted by molar-refractivity contribution is 7.15. The van der Waals surface area contributed by atoms with Gasteiger partial charge >= 0.3 is 0 Å². The Kier molecular flexibility index (Phi) is 3.58. The molecule has 3 heterocycles. The zero-order valence-corrected chi connectivity index (χ0v) is 12.3. The second-order valence-corrected chi connectivity index (χ2v) is 7.86. The third-order valence-electron chi connectivity index (χ3n) is 3.36. The molecule has 3 nitrogen and oxygen atoms in total. The van der Waals surface area contributed by atoms with Gasteiger partial charge in [0.05, 0.1) is 16.0 Å². The highest BCUT2D eigenvalue weighted by Crippen LogP contribution is 2.02. The van der Waals surface area contributed by atoms with E-state index < -0.39 is 8.07 Å². The van der Waals surface area contributed by atoms with Gasteiger partial charge in [0.25, 0.3) is 8.07 Å². The molecule has 0 aliphatic carbocycles. The van der Waals surface area contributed by atoms with Crippen LogP contribution < -0.4 is 16.0 Å². The zero-order valence-electron chi connectivity index (χ0n) is 11.3. The van der Waals surface area contributed by atoms with Gasteiger partial charge < -0.3 is 0 Å². The fraction of sp³-hybridized carbons (Fsp3) is 0. The molecular weight excluding hydrogens is 274 g/mol. The van der Waals surface area contributed by atoms with E-state index in [0.717, 1.165) is 16.0 Å². The lowest BCUT2D eigenvalue weighted by Crippen LogP contribution is -2.69. The van der Waals surface area contributed by atoms with Crippen LogP contribution >= 0.6 is 0 Å². The maximum absolute atomic E-state index is 6.00. The third-order valence-corrected chi connectivity index (χ3v) is 6.99. The largest absolute Gasteiger partial charge is 0.286 e. The van der Waals surface area contributed by atoms with Crippen LogP contribution in [0.4, 0.5) is 0 Å². The number of pyridine rings is 3. The highest BCUT2D eigenvalue weighted by Gasteiger charge is 2.42. The van der Waals surface area contributed by atoms with E-state index in [9.17, 15) is 0 Å². The van der Waals surface area contributed by atoms with Crippen molar-refractivity contribution in [1.29, 1.82) is 0 Å². The molecule has 21 heavy (non-hydrogen) atoms. The summed E-state index contributed by atoms with van der Waals surface area (Å²) in [4.78, 5) is 13.5. The summed E-state index contributed by atoms with van der Waals surface area (Å²) in [6, 6.07) is 17.4. The topological polar surface area (TPSA) is 38.7 Å². The summed E-state index contributed by atoms with van der Waals surface area (Å²) in [6.45, 7) is 0. The van der Waals surface area contributed by atoms with Crippen LogP contribution in [0.15, 0.2) is 73.2 Å². The van der Waals surface area contributed by atoms with Crippen LogP contribution in [-0.4, -0.2) is 23.0 Å². The fourth-order valence-electron chi connectivity index (χ4n) is 2.37. The van der Waals surface area contributed by atoms with E-state index in [-0.39, 0.29) is 0 Å². The highest BCUT2D eigenvalue weighted by atomic mass is 28.3. The Balaban J connectivity index is 2.32. The van der Waals surface area contributed by atoms with Crippen molar-refractivity contribution in [2.45, 2.75) is 0 Å². The Morgan fingerprint density at radius 2 is 1.05 bits per heavy atom. The van der Waals surface area contributed by atoms with Crippen LogP contribution in [0.2, 0.25) is 0 Å². The molecule has 0 bridgehead atoms. The fourth-order valence-corrected chi connectivity index (χ4v) is 5.44. The zero-order chi connectivity index (χ0) is 14.5. The minimum absolute atomic E-state index is 0.880. The Labute approximate surface area is 124 Å².